The van der Waals surface area contributed by atoms with Crippen molar-refractivity contribution in [1.29, 1.82) is 0 Å². The van der Waals surface area contributed by atoms with Gasteiger partial charge in [-0.1, -0.05) is 11.6 Å². The van der Waals surface area contributed by atoms with Gasteiger partial charge in [-0.2, -0.15) is 11.8 Å². The fourth-order valence-electron chi connectivity index (χ4n) is 1.27. The summed E-state index contributed by atoms with van der Waals surface area (Å²) in [4.78, 5) is 0. The highest BCUT2D eigenvalue weighted by Gasteiger charge is 2.41. The quantitative estimate of drug-likeness (QED) is 0.851. The number of halogens is 1. The van der Waals surface area contributed by atoms with Crippen molar-refractivity contribution in [2.45, 2.75) is 17.6 Å². The molecule has 4 heteroatoms. The highest BCUT2D eigenvalue weighted by atomic mass is 35.5. The summed E-state index contributed by atoms with van der Waals surface area (Å²) in [6.07, 6.45) is 4.86. The molecule has 0 radical (unpaired) electrons. The van der Waals surface area contributed by atoms with E-state index in [4.69, 9.17) is 11.6 Å². The Hall–Kier alpha value is 0.140. The molecular formula is C9H12ClNS2. The van der Waals surface area contributed by atoms with Crippen molar-refractivity contribution >= 4 is 40.4 Å². The first-order valence-corrected chi connectivity index (χ1v) is 6.76. The van der Waals surface area contributed by atoms with Crippen molar-refractivity contribution in [3.05, 3.63) is 15.8 Å². The number of nitrogens with one attached hydrogen (secondary N) is 1. The number of hydrogen-bond donors (Lipinski definition) is 1. The topological polar surface area (TPSA) is 12.0 Å². The van der Waals surface area contributed by atoms with E-state index >= 15 is 0 Å². The van der Waals surface area contributed by atoms with Gasteiger partial charge in [0.25, 0.3) is 0 Å². The molecule has 0 aliphatic heterocycles. The molecule has 2 rings (SSSR count). The lowest BCUT2D eigenvalue weighted by Gasteiger charge is -2.13. The molecule has 0 spiro atoms. The summed E-state index contributed by atoms with van der Waals surface area (Å²) in [7, 11) is 0. The molecule has 0 unspecified atom stereocenters. The van der Waals surface area contributed by atoms with E-state index in [0.29, 0.717) is 4.75 Å². The Morgan fingerprint density at radius 3 is 2.92 bits per heavy atom. The van der Waals surface area contributed by atoms with Crippen LogP contribution in [0.25, 0.3) is 0 Å². The molecule has 0 saturated heterocycles. The van der Waals surface area contributed by atoms with Gasteiger partial charge in [-0.25, -0.2) is 0 Å². The van der Waals surface area contributed by atoms with Crippen LogP contribution in [-0.2, 0) is 0 Å². The fourth-order valence-corrected chi connectivity index (χ4v) is 2.87. The average Bonchev–Trinajstić information content (AvgIpc) is 2.82. The highest BCUT2D eigenvalue weighted by Crippen LogP contribution is 2.47. The van der Waals surface area contributed by atoms with E-state index in [-0.39, 0.29) is 0 Å². The maximum Gasteiger partial charge on any atom is 0.116 e. The molecule has 13 heavy (non-hydrogen) atoms. The van der Waals surface area contributed by atoms with Gasteiger partial charge in [-0.15, -0.1) is 11.3 Å². The second-order valence-electron chi connectivity index (χ2n) is 3.35. The molecular weight excluding hydrogens is 222 g/mol. The lowest BCUT2D eigenvalue weighted by molar-refractivity contribution is 0.950. The van der Waals surface area contributed by atoms with Crippen molar-refractivity contribution in [3.63, 3.8) is 0 Å². The van der Waals surface area contributed by atoms with Gasteiger partial charge < -0.3 is 5.32 Å². The van der Waals surface area contributed by atoms with Crippen molar-refractivity contribution in [2.24, 2.45) is 0 Å². The molecule has 1 saturated carbocycles. The van der Waals surface area contributed by atoms with Gasteiger partial charge in [0.05, 0.1) is 5.69 Å². The standard InChI is InChI=1S/C9H12ClNS2/c1-12-9(3-4-9)6-11-7-2-5-13-8(7)10/h2,5,11H,3-4,6H2,1H3. The maximum atomic E-state index is 5.98. The van der Waals surface area contributed by atoms with Crippen LogP contribution >= 0.6 is 34.7 Å². The Kier molecular flexibility index (Phi) is 2.77. The first-order chi connectivity index (χ1) is 6.26. The first kappa shape index (κ1) is 9.69. The summed E-state index contributed by atoms with van der Waals surface area (Å²) in [5.74, 6) is 0. The summed E-state index contributed by atoms with van der Waals surface area (Å²) in [5, 5.41) is 5.42. The van der Waals surface area contributed by atoms with Crippen LogP contribution in [0, 0.1) is 0 Å². The first-order valence-electron chi connectivity index (χ1n) is 4.28. The number of rotatable bonds is 4. The third-order valence-electron chi connectivity index (χ3n) is 2.46. The van der Waals surface area contributed by atoms with E-state index < -0.39 is 0 Å². The van der Waals surface area contributed by atoms with Crippen molar-refractivity contribution < 1.29 is 0 Å². The van der Waals surface area contributed by atoms with Crippen LogP contribution in [0.2, 0.25) is 4.34 Å². The SMILES string of the molecule is CSC1(CNc2ccsc2Cl)CC1. The third-order valence-corrected chi connectivity index (χ3v) is 5.05. The minimum atomic E-state index is 0.505. The Bertz CT molecular complexity index is 294. The predicted octanol–water partition coefficient (Wildman–Crippen LogP) is 3.71. The van der Waals surface area contributed by atoms with Crippen LogP contribution in [0.15, 0.2) is 11.4 Å². The molecule has 1 aliphatic rings. The lowest BCUT2D eigenvalue weighted by atomic mass is 10.4. The Balaban J connectivity index is 1.90. The summed E-state index contributed by atoms with van der Waals surface area (Å²) < 4.78 is 1.38. The monoisotopic (exact) mass is 233 g/mol. The van der Waals surface area contributed by atoms with Gasteiger partial charge in [0.1, 0.15) is 4.34 Å². The van der Waals surface area contributed by atoms with Crippen LogP contribution in [0.3, 0.4) is 0 Å². The van der Waals surface area contributed by atoms with E-state index in [1.807, 2.05) is 23.2 Å². The minimum Gasteiger partial charge on any atom is -0.382 e. The minimum absolute atomic E-state index is 0.505. The van der Waals surface area contributed by atoms with Gasteiger partial charge >= 0.3 is 0 Å². The van der Waals surface area contributed by atoms with Crippen LogP contribution in [0.4, 0.5) is 5.69 Å². The fraction of sp³-hybridized carbons (Fsp3) is 0.556. The van der Waals surface area contributed by atoms with Gasteiger partial charge in [0, 0.05) is 11.3 Å². The van der Waals surface area contributed by atoms with Crippen LogP contribution in [-0.4, -0.2) is 17.5 Å². The van der Waals surface area contributed by atoms with Crippen molar-refractivity contribution in [2.75, 3.05) is 18.1 Å². The zero-order valence-electron chi connectivity index (χ0n) is 7.47. The zero-order valence-corrected chi connectivity index (χ0v) is 9.86. The molecule has 72 valence electrons. The Labute approximate surface area is 91.9 Å². The molecule has 1 aromatic heterocycles. The van der Waals surface area contributed by atoms with Gasteiger partial charge in [0.15, 0.2) is 0 Å². The largest absolute Gasteiger partial charge is 0.382 e. The third kappa shape index (κ3) is 2.14. The van der Waals surface area contributed by atoms with Crippen LogP contribution < -0.4 is 5.32 Å². The molecule has 1 aromatic rings. The summed E-state index contributed by atoms with van der Waals surface area (Å²) in [5.41, 5.74) is 1.09. The summed E-state index contributed by atoms with van der Waals surface area (Å²) in [6.45, 7) is 1.05. The van der Waals surface area contributed by atoms with Crippen molar-refractivity contribution in [1.82, 2.24) is 0 Å². The number of thiophene rings is 1. The molecule has 0 bridgehead atoms. The van der Waals surface area contributed by atoms with E-state index in [1.165, 1.54) is 12.8 Å². The van der Waals surface area contributed by atoms with E-state index in [2.05, 4.69) is 11.6 Å². The van der Waals surface area contributed by atoms with Gasteiger partial charge in [-0.05, 0) is 30.5 Å². The van der Waals surface area contributed by atoms with E-state index in [0.717, 1.165) is 16.6 Å². The number of thioether (sulfide) groups is 1. The zero-order chi connectivity index (χ0) is 9.31. The number of hydrogen-bond acceptors (Lipinski definition) is 3. The maximum absolute atomic E-state index is 5.98. The number of anilines is 1. The normalized spacial score (nSPS) is 18.6. The molecule has 1 heterocycles. The molecule has 0 atom stereocenters. The predicted molar refractivity (Wildman–Crippen MR) is 63.3 cm³/mol. The summed E-state index contributed by atoms with van der Waals surface area (Å²) >= 11 is 9.52. The second kappa shape index (κ2) is 3.71. The van der Waals surface area contributed by atoms with Crippen LogP contribution in [0.5, 0.6) is 0 Å². The average molecular weight is 234 g/mol. The second-order valence-corrected chi connectivity index (χ2v) is 6.14. The molecule has 1 fully saturated rings. The van der Waals surface area contributed by atoms with E-state index in [1.54, 1.807) is 11.3 Å². The van der Waals surface area contributed by atoms with Gasteiger partial charge in [-0.3, -0.25) is 0 Å². The van der Waals surface area contributed by atoms with Crippen LogP contribution in [0.1, 0.15) is 12.8 Å². The highest BCUT2D eigenvalue weighted by molar-refractivity contribution is 8.00. The smallest absolute Gasteiger partial charge is 0.116 e. The molecule has 1 N–H and O–H groups in total. The summed E-state index contributed by atoms with van der Waals surface area (Å²) in [6, 6.07) is 2.05. The lowest BCUT2D eigenvalue weighted by Crippen LogP contribution is -2.17. The Morgan fingerprint density at radius 1 is 1.69 bits per heavy atom. The Morgan fingerprint density at radius 2 is 2.46 bits per heavy atom. The molecule has 1 nitrogen and oxygen atoms in total. The van der Waals surface area contributed by atoms with Crippen molar-refractivity contribution in [3.8, 4) is 0 Å². The molecule has 1 aliphatic carbocycles. The molecule has 0 amide bonds. The van der Waals surface area contributed by atoms with Gasteiger partial charge in [0.2, 0.25) is 0 Å². The molecule has 0 aromatic carbocycles. The van der Waals surface area contributed by atoms with E-state index in [9.17, 15) is 0 Å².